The number of nitrogens with one attached hydrogen (secondary N) is 2. The summed E-state index contributed by atoms with van der Waals surface area (Å²) in [6.07, 6.45) is -0.909. The molecule has 0 spiro atoms. The Morgan fingerprint density at radius 3 is 2.66 bits per heavy atom. The maximum Gasteiger partial charge on any atom is 0.431 e. The van der Waals surface area contributed by atoms with Gasteiger partial charge in [0.15, 0.2) is 0 Å². The molecule has 0 saturated heterocycles. The molecule has 1 fully saturated rings. The van der Waals surface area contributed by atoms with E-state index in [1.165, 1.54) is 0 Å². The molecule has 1 aliphatic heterocycles. The predicted octanol–water partition coefficient (Wildman–Crippen LogP) is 4.12. The molecule has 5 nitrogen and oxygen atoms in total. The molecule has 29 heavy (non-hydrogen) atoms. The summed E-state index contributed by atoms with van der Waals surface area (Å²) in [5.74, 6) is 0.0685. The van der Waals surface area contributed by atoms with E-state index in [1.807, 2.05) is 25.1 Å². The minimum absolute atomic E-state index is 0.0331. The minimum Gasteiger partial charge on any atom is -0.490 e. The van der Waals surface area contributed by atoms with Gasteiger partial charge in [0.25, 0.3) is 11.5 Å². The molecule has 0 bridgehead atoms. The standard InChI is InChI=1S/C21H21F3N2O3/c1-11-6-7-13-16(10-11)29-15-5-3-2-4-12(15)18(13)26-20(28)14-8-9-17(21(22,23)24)25-19(14)27/h6-10,12,15,18H,2-5H2,1H3,(H,25,27)(H,26,28)/t12-,15-,18-/m1/s1. The number of fused-ring (bicyclic) bond motifs is 2. The molecule has 1 aromatic heterocycles. The number of hydrogen-bond donors (Lipinski definition) is 2. The number of alkyl halides is 3. The molecular weight excluding hydrogens is 385 g/mol. The molecule has 2 heterocycles. The van der Waals surface area contributed by atoms with Crippen LogP contribution in [0.1, 0.15) is 58.9 Å². The summed E-state index contributed by atoms with van der Waals surface area (Å²) >= 11 is 0. The van der Waals surface area contributed by atoms with Gasteiger partial charge in [-0.25, -0.2) is 0 Å². The summed E-state index contributed by atoms with van der Waals surface area (Å²) in [5.41, 5.74) is -0.727. The third kappa shape index (κ3) is 3.75. The number of aryl methyl sites for hydroxylation is 1. The van der Waals surface area contributed by atoms with Crippen molar-refractivity contribution in [2.45, 2.75) is 50.9 Å². The van der Waals surface area contributed by atoms with Gasteiger partial charge in [-0.1, -0.05) is 18.6 Å². The number of halogens is 3. The van der Waals surface area contributed by atoms with Crippen LogP contribution in [0.15, 0.2) is 35.1 Å². The summed E-state index contributed by atoms with van der Waals surface area (Å²) in [4.78, 5) is 26.6. The van der Waals surface area contributed by atoms with Crippen LogP contribution in [0.5, 0.6) is 5.75 Å². The molecular formula is C21H21F3N2O3. The van der Waals surface area contributed by atoms with Crippen LogP contribution in [-0.4, -0.2) is 17.0 Å². The van der Waals surface area contributed by atoms with Gasteiger partial charge >= 0.3 is 6.18 Å². The average Bonchev–Trinajstić information content (AvgIpc) is 2.66. The van der Waals surface area contributed by atoms with Gasteiger partial charge in [-0.15, -0.1) is 0 Å². The lowest BCUT2D eigenvalue weighted by molar-refractivity contribution is -0.141. The summed E-state index contributed by atoms with van der Waals surface area (Å²) in [6.45, 7) is 1.95. The van der Waals surface area contributed by atoms with Gasteiger partial charge in [0.2, 0.25) is 0 Å². The van der Waals surface area contributed by atoms with Crippen LogP contribution in [-0.2, 0) is 6.18 Å². The number of H-pyrrole nitrogens is 1. The second-order valence-corrected chi connectivity index (χ2v) is 7.71. The van der Waals surface area contributed by atoms with Crippen LogP contribution in [0.25, 0.3) is 0 Å². The summed E-state index contributed by atoms with van der Waals surface area (Å²) in [7, 11) is 0. The van der Waals surface area contributed by atoms with Gasteiger partial charge in [-0.3, -0.25) is 9.59 Å². The fraction of sp³-hybridized carbons (Fsp3) is 0.429. The lowest BCUT2D eigenvalue weighted by Crippen LogP contribution is -2.46. The largest absolute Gasteiger partial charge is 0.490 e. The molecule has 4 rings (SSSR count). The van der Waals surface area contributed by atoms with Gasteiger partial charge in [0, 0.05) is 11.5 Å². The summed E-state index contributed by atoms with van der Waals surface area (Å²) in [6, 6.07) is 7.02. The zero-order chi connectivity index (χ0) is 20.8. The minimum atomic E-state index is -4.68. The van der Waals surface area contributed by atoms with Crippen LogP contribution in [0.3, 0.4) is 0 Å². The lowest BCUT2D eigenvalue weighted by atomic mass is 9.76. The topological polar surface area (TPSA) is 71.2 Å². The number of benzene rings is 1. The van der Waals surface area contributed by atoms with Gasteiger partial charge in [0.1, 0.15) is 23.1 Å². The van der Waals surface area contributed by atoms with Crippen LogP contribution < -0.4 is 15.6 Å². The highest BCUT2D eigenvalue weighted by atomic mass is 19.4. The van der Waals surface area contributed by atoms with E-state index < -0.39 is 23.3 Å². The van der Waals surface area contributed by atoms with Crippen molar-refractivity contribution in [2.75, 3.05) is 0 Å². The number of pyridine rings is 1. The Morgan fingerprint density at radius 1 is 1.17 bits per heavy atom. The van der Waals surface area contributed by atoms with Crippen molar-refractivity contribution < 1.29 is 22.7 Å². The van der Waals surface area contributed by atoms with E-state index in [1.54, 1.807) is 4.98 Å². The monoisotopic (exact) mass is 406 g/mol. The Labute approximate surface area is 165 Å². The number of carbonyl (C=O) groups excluding carboxylic acids is 1. The van der Waals surface area contributed by atoms with Crippen LogP contribution in [0.4, 0.5) is 13.2 Å². The average molecular weight is 406 g/mol. The molecule has 2 aromatic rings. The quantitative estimate of drug-likeness (QED) is 0.788. The zero-order valence-corrected chi connectivity index (χ0v) is 15.8. The Morgan fingerprint density at radius 2 is 1.93 bits per heavy atom. The third-order valence-corrected chi connectivity index (χ3v) is 5.71. The molecule has 1 saturated carbocycles. The maximum absolute atomic E-state index is 12.8. The number of aromatic nitrogens is 1. The highest BCUT2D eigenvalue weighted by Gasteiger charge is 2.41. The zero-order valence-electron chi connectivity index (χ0n) is 15.8. The number of amides is 1. The van der Waals surface area contributed by atoms with E-state index in [4.69, 9.17) is 4.74 Å². The second-order valence-electron chi connectivity index (χ2n) is 7.71. The molecule has 1 amide bonds. The molecule has 2 N–H and O–H groups in total. The molecule has 1 aliphatic carbocycles. The number of rotatable bonds is 2. The molecule has 0 unspecified atom stereocenters. The van der Waals surface area contributed by atoms with E-state index in [-0.39, 0.29) is 23.6 Å². The van der Waals surface area contributed by atoms with Gasteiger partial charge < -0.3 is 15.0 Å². The van der Waals surface area contributed by atoms with E-state index in [0.29, 0.717) is 11.8 Å². The third-order valence-electron chi connectivity index (χ3n) is 5.71. The molecule has 154 valence electrons. The fourth-order valence-corrected chi connectivity index (χ4v) is 4.27. The van der Waals surface area contributed by atoms with Crippen LogP contribution in [0.2, 0.25) is 0 Å². The highest BCUT2D eigenvalue weighted by Crippen LogP contribution is 2.44. The molecule has 3 atom stereocenters. The maximum atomic E-state index is 12.8. The Hall–Kier alpha value is -2.77. The SMILES string of the molecule is Cc1ccc2c(c1)O[C@@H]1CCCC[C@H]1[C@H]2NC(=O)c1ccc(C(F)(F)F)[nH]c1=O. The van der Waals surface area contributed by atoms with Crippen LogP contribution in [0, 0.1) is 12.8 Å². The van der Waals surface area contributed by atoms with Crippen LogP contribution >= 0.6 is 0 Å². The van der Waals surface area contributed by atoms with E-state index in [2.05, 4.69) is 5.32 Å². The van der Waals surface area contributed by atoms with E-state index >= 15 is 0 Å². The van der Waals surface area contributed by atoms with Gasteiger partial charge in [0.05, 0.1) is 6.04 Å². The number of aromatic amines is 1. The molecule has 2 aliphatic rings. The second kappa shape index (κ2) is 7.24. The first-order valence-corrected chi connectivity index (χ1v) is 9.62. The summed E-state index contributed by atoms with van der Waals surface area (Å²) < 4.78 is 44.5. The van der Waals surface area contributed by atoms with E-state index in [0.717, 1.165) is 42.9 Å². The molecule has 1 aromatic carbocycles. The first kappa shape index (κ1) is 19.5. The Kier molecular flexibility index (Phi) is 4.88. The fourth-order valence-electron chi connectivity index (χ4n) is 4.27. The van der Waals surface area contributed by atoms with E-state index in [9.17, 15) is 22.8 Å². The van der Waals surface area contributed by atoms with Crippen molar-refractivity contribution in [3.63, 3.8) is 0 Å². The Balaban J connectivity index is 1.65. The first-order chi connectivity index (χ1) is 13.7. The number of carbonyl (C=O) groups is 1. The lowest BCUT2D eigenvalue weighted by Gasteiger charge is -2.42. The normalized spacial score (nSPS) is 23.5. The van der Waals surface area contributed by atoms with Gasteiger partial charge in [-0.05, 0) is 49.9 Å². The predicted molar refractivity (Wildman–Crippen MR) is 99.8 cm³/mol. The van der Waals surface area contributed by atoms with Crippen molar-refractivity contribution in [1.29, 1.82) is 0 Å². The highest BCUT2D eigenvalue weighted by molar-refractivity contribution is 5.94. The van der Waals surface area contributed by atoms with Gasteiger partial charge in [-0.2, -0.15) is 13.2 Å². The van der Waals surface area contributed by atoms with Crippen molar-refractivity contribution in [3.05, 3.63) is 63.1 Å². The van der Waals surface area contributed by atoms with Crippen molar-refractivity contribution >= 4 is 5.91 Å². The van der Waals surface area contributed by atoms with Crippen molar-refractivity contribution in [2.24, 2.45) is 5.92 Å². The molecule has 8 heteroatoms. The molecule has 0 radical (unpaired) electrons. The number of ether oxygens (including phenoxy) is 1. The Bertz CT molecular complexity index is 999. The van der Waals surface area contributed by atoms with Crippen molar-refractivity contribution in [1.82, 2.24) is 10.3 Å². The summed E-state index contributed by atoms with van der Waals surface area (Å²) in [5, 5.41) is 2.89. The first-order valence-electron chi connectivity index (χ1n) is 9.62. The number of hydrogen-bond acceptors (Lipinski definition) is 3. The van der Waals surface area contributed by atoms with Crippen molar-refractivity contribution in [3.8, 4) is 5.75 Å². The smallest absolute Gasteiger partial charge is 0.431 e.